The molecule has 0 aliphatic heterocycles. The molecule has 0 saturated carbocycles. The van der Waals surface area contributed by atoms with E-state index in [0.29, 0.717) is 5.56 Å². The van der Waals surface area contributed by atoms with Crippen molar-refractivity contribution in [2.24, 2.45) is 0 Å². The summed E-state index contributed by atoms with van der Waals surface area (Å²) in [7, 11) is 0. The molecule has 2 heterocycles. The van der Waals surface area contributed by atoms with Crippen molar-refractivity contribution < 1.29 is 4.79 Å². The lowest BCUT2D eigenvalue weighted by molar-refractivity contribution is 0.0753. The Hall–Kier alpha value is -3.79. The lowest BCUT2D eigenvalue weighted by Gasteiger charge is -2.23. The van der Waals surface area contributed by atoms with Crippen LogP contribution in [0.3, 0.4) is 0 Å². The van der Waals surface area contributed by atoms with Gasteiger partial charge in [0.2, 0.25) is 0 Å². The molecule has 172 valence electrons. The van der Waals surface area contributed by atoms with Crippen molar-refractivity contribution in [3.8, 4) is 22.4 Å². The summed E-state index contributed by atoms with van der Waals surface area (Å²) in [6.45, 7) is 3.61. The first-order chi connectivity index (χ1) is 16.8. The van der Waals surface area contributed by atoms with E-state index in [-0.39, 0.29) is 5.91 Å². The SMILES string of the molecule is CCCN(CCCCc1ccc(-c2ccccc2)cc1)C(=O)c1cccnc1-c1ccncc1. The summed E-state index contributed by atoms with van der Waals surface area (Å²) in [5.74, 6) is 0.0500. The third-order valence-corrected chi connectivity index (χ3v) is 5.98. The smallest absolute Gasteiger partial charge is 0.256 e. The van der Waals surface area contributed by atoms with Gasteiger partial charge in [-0.3, -0.25) is 14.8 Å². The van der Waals surface area contributed by atoms with Gasteiger partial charge >= 0.3 is 0 Å². The molecule has 4 nitrogen and oxygen atoms in total. The molecular weight excluding hydrogens is 418 g/mol. The number of pyridine rings is 2. The van der Waals surface area contributed by atoms with Crippen LogP contribution < -0.4 is 0 Å². The number of aromatic nitrogens is 2. The molecule has 4 aromatic rings. The van der Waals surface area contributed by atoms with Gasteiger partial charge in [0, 0.05) is 37.2 Å². The lowest BCUT2D eigenvalue weighted by atomic mass is 10.0. The van der Waals surface area contributed by atoms with Gasteiger partial charge in [0.15, 0.2) is 0 Å². The van der Waals surface area contributed by atoms with Gasteiger partial charge in [-0.1, -0.05) is 61.5 Å². The van der Waals surface area contributed by atoms with Crippen LogP contribution in [0.4, 0.5) is 0 Å². The van der Waals surface area contributed by atoms with E-state index < -0.39 is 0 Å². The molecule has 2 aromatic heterocycles. The molecule has 0 aliphatic carbocycles. The van der Waals surface area contributed by atoms with Gasteiger partial charge in [0.1, 0.15) is 0 Å². The van der Waals surface area contributed by atoms with E-state index in [0.717, 1.165) is 50.0 Å². The molecule has 4 heteroatoms. The van der Waals surface area contributed by atoms with Crippen LogP contribution in [0.5, 0.6) is 0 Å². The molecular formula is C30H31N3O. The number of amides is 1. The number of rotatable bonds is 10. The molecule has 0 fully saturated rings. The second kappa shape index (κ2) is 11.9. The standard InChI is InChI=1S/C30H31N3O/c1-2-22-33(30(34)28-12-8-19-32-29(28)27-17-20-31-21-18-27)23-7-6-9-24-13-15-26(16-14-24)25-10-4-3-5-11-25/h3-5,8,10-21H,2,6-7,9,22-23H2,1H3. The highest BCUT2D eigenvalue weighted by atomic mass is 16.2. The topological polar surface area (TPSA) is 46.1 Å². The maximum absolute atomic E-state index is 13.4. The molecule has 0 radical (unpaired) electrons. The second-order valence-corrected chi connectivity index (χ2v) is 8.45. The first-order valence-corrected chi connectivity index (χ1v) is 12.1. The quantitative estimate of drug-likeness (QED) is 0.254. The summed E-state index contributed by atoms with van der Waals surface area (Å²) in [6.07, 6.45) is 9.15. The van der Waals surface area contributed by atoms with E-state index >= 15 is 0 Å². The van der Waals surface area contributed by atoms with Crippen LogP contribution in [0.25, 0.3) is 22.4 Å². The van der Waals surface area contributed by atoms with E-state index in [9.17, 15) is 4.79 Å². The maximum Gasteiger partial charge on any atom is 0.256 e. The fraction of sp³-hybridized carbons (Fsp3) is 0.233. The maximum atomic E-state index is 13.4. The third-order valence-electron chi connectivity index (χ3n) is 5.98. The van der Waals surface area contributed by atoms with E-state index in [2.05, 4.69) is 65.4 Å². The number of benzene rings is 2. The Labute approximate surface area is 202 Å². The summed E-state index contributed by atoms with van der Waals surface area (Å²) in [6, 6.07) is 26.8. The number of carbonyl (C=O) groups excluding carboxylic acids is 1. The zero-order chi connectivity index (χ0) is 23.6. The Kier molecular flexibility index (Phi) is 8.18. The number of carbonyl (C=O) groups is 1. The summed E-state index contributed by atoms with van der Waals surface area (Å²) in [5, 5.41) is 0. The third kappa shape index (κ3) is 5.96. The summed E-state index contributed by atoms with van der Waals surface area (Å²) in [5.41, 5.74) is 6.10. The lowest BCUT2D eigenvalue weighted by Crippen LogP contribution is -2.33. The van der Waals surface area contributed by atoms with E-state index in [1.165, 1.54) is 16.7 Å². The average Bonchev–Trinajstić information content (AvgIpc) is 2.91. The Bertz CT molecular complexity index is 1170. The minimum atomic E-state index is 0.0500. The van der Waals surface area contributed by atoms with Crippen molar-refractivity contribution in [1.82, 2.24) is 14.9 Å². The highest BCUT2D eigenvalue weighted by Gasteiger charge is 2.19. The average molecular weight is 450 g/mol. The van der Waals surface area contributed by atoms with Crippen LogP contribution >= 0.6 is 0 Å². The number of hydrogen-bond acceptors (Lipinski definition) is 3. The van der Waals surface area contributed by atoms with Crippen molar-refractivity contribution in [2.75, 3.05) is 13.1 Å². The van der Waals surface area contributed by atoms with Crippen LogP contribution in [-0.4, -0.2) is 33.9 Å². The van der Waals surface area contributed by atoms with Crippen molar-refractivity contribution in [3.05, 3.63) is 109 Å². The van der Waals surface area contributed by atoms with Gasteiger partial charge < -0.3 is 4.90 Å². The molecule has 0 saturated heterocycles. The number of unbranched alkanes of at least 4 members (excludes halogenated alkanes) is 1. The normalized spacial score (nSPS) is 10.7. The molecule has 0 atom stereocenters. The first kappa shape index (κ1) is 23.4. The number of aryl methyl sites for hydroxylation is 1. The Balaban J connectivity index is 1.36. The van der Waals surface area contributed by atoms with Crippen LogP contribution in [0.15, 0.2) is 97.5 Å². The zero-order valence-corrected chi connectivity index (χ0v) is 19.7. The molecule has 34 heavy (non-hydrogen) atoms. The molecule has 2 aromatic carbocycles. The number of nitrogens with zero attached hydrogens (tertiary/aromatic N) is 3. The van der Waals surface area contributed by atoms with Gasteiger partial charge in [-0.25, -0.2) is 0 Å². The first-order valence-electron chi connectivity index (χ1n) is 12.1. The molecule has 0 spiro atoms. The van der Waals surface area contributed by atoms with Gasteiger partial charge in [0.25, 0.3) is 5.91 Å². The molecule has 0 aliphatic rings. The molecule has 4 rings (SSSR count). The summed E-state index contributed by atoms with van der Waals surface area (Å²) < 4.78 is 0. The molecule has 0 N–H and O–H groups in total. The molecule has 0 unspecified atom stereocenters. The second-order valence-electron chi connectivity index (χ2n) is 8.45. The van der Waals surface area contributed by atoms with Crippen molar-refractivity contribution >= 4 is 5.91 Å². The Morgan fingerprint density at radius 3 is 2.21 bits per heavy atom. The Morgan fingerprint density at radius 1 is 0.735 bits per heavy atom. The van der Waals surface area contributed by atoms with Gasteiger partial charge in [-0.15, -0.1) is 0 Å². The molecule has 1 amide bonds. The summed E-state index contributed by atoms with van der Waals surface area (Å²) >= 11 is 0. The fourth-order valence-corrected chi connectivity index (χ4v) is 4.20. The summed E-state index contributed by atoms with van der Waals surface area (Å²) in [4.78, 5) is 24.0. The van der Waals surface area contributed by atoms with Gasteiger partial charge in [-0.05, 0) is 66.6 Å². The van der Waals surface area contributed by atoms with Crippen LogP contribution in [0.2, 0.25) is 0 Å². The molecule has 0 bridgehead atoms. The highest BCUT2D eigenvalue weighted by molar-refractivity contribution is 5.99. The predicted octanol–water partition coefficient (Wildman–Crippen LogP) is 6.69. The van der Waals surface area contributed by atoms with Crippen LogP contribution in [0.1, 0.15) is 42.1 Å². The van der Waals surface area contributed by atoms with Crippen molar-refractivity contribution in [2.45, 2.75) is 32.6 Å². The minimum absolute atomic E-state index is 0.0500. The highest BCUT2D eigenvalue weighted by Crippen LogP contribution is 2.23. The van der Waals surface area contributed by atoms with Crippen LogP contribution in [0, 0.1) is 0 Å². The van der Waals surface area contributed by atoms with E-state index in [4.69, 9.17) is 0 Å². The largest absolute Gasteiger partial charge is 0.339 e. The minimum Gasteiger partial charge on any atom is -0.339 e. The predicted molar refractivity (Wildman–Crippen MR) is 138 cm³/mol. The monoisotopic (exact) mass is 449 g/mol. The zero-order valence-electron chi connectivity index (χ0n) is 19.7. The van der Waals surface area contributed by atoms with Gasteiger partial charge in [0.05, 0.1) is 11.3 Å². The van der Waals surface area contributed by atoms with E-state index in [1.54, 1.807) is 18.6 Å². The van der Waals surface area contributed by atoms with Crippen LogP contribution in [-0.2, 0) is 6.42 Å². The van der Waals surface area contributed by atoms with Crippen molar-refractivity contribution in [3.63, 3.8) is 0 Å². The van der Waals surface area contributed by atoms with Crippen molar-refractivity contribution in [1.29, 1.82) is 0 Å². The van der Waals surface area contributed by atoms with Gasteiger partial charge in [-0.2, -0.15) is 0 Å². The fourth-order valence-electron chi connectivity index (χ4n) is 4.20. The number of hydrogen-bond donors (Lipinski definition) is 0. The Morgan fingerprint density at radius 2 is 1.47 bits per heavy atom. The van der Waals surface area contributed by atoms with E-state index in [1.807, 2.05) is 35.2 Å².